The molecule has 11 heteroatoms. The molecule has 0 unspecified atom stereocenters. The lowest BCUT2D eigenvalue weighted by molar-refractivity contribution is -0.141. The SMILES string of the molecule is Cc1nc(NC(=O)CSc2nc(C(F)(F)F)cc(=O)[nH]2)sc1C. The summed E-state index contributed by atoms with van der Waals surface area (Å²) in [7, 11) is 0. The van der Waals surface area contributed by atoms with Crippen LogP contribution >= 0.6 is 23.1 Å². The molecule has 124 valence electrons. The molecule has 0 aliphatic heterocycles. The van der Waals surface area contributed by atoms with Crippen LogP contribution in [0.15, 0.2) is 16.0 Å². The Kier molecular flexibility index (Phi) is 5.09. The van der Waals surface area contributed by atoms with E-state index in [-0.39, 0.29) is 10.9 Å². The van der Waals surface area contributed by atoms with E-state index < -0.39 is 23.3 Å². The quantitative estimate of drug-likeness (QED) is 0.643. The molecule has 2 heterocycles. The van der Waals surface area contributed by atoms with Gasteiger partial charge in [0, 0.05) is 10.9 Å². The number of aryl methyl sites for hydroxylation is 2. The highest BCUT2D eigenvalue weighted by Crippen LogP contribution is 2.27. The summed E-state index contributed by atoms with van der Waals surface area (Å²) in [6.07, 6.45) is -4.72. The zero-order chi connectivity index (χ0) is 17.2. The van der Waals surface area contributed by atoms with E-state index in [1.807, 2.05) is 6.92 Å². The molecule has 0 bridgehead atoms. The maximum Gasteiger partial charge on any atom is 0.433 e. The van der Waals surface area contributed by atoms with Gasteiger partial charge in [0.15, 0.2) is 16.0 Å². The third kappa shape index (κ3) is 4.79. The van der Waals surface area contributed by atoms with E-state index in [2.05, 4.69) is 20.3 Å². The van der Waals surface area contributed by atoms with Gasteiger partial charge >= 0.3 is 6.18 Å². The molecule has 0 saturated heterocycles. The van der Waals surface area contributed by atoms with Crippen molar-refractivity contribution < 1.29 is 18.0 Å². The Hall–Kier alpha value is -1.88. The van der Waals surface area contributed by atoms with Gasteiger partial charge in [-0.2, -0.15) is 13.2 Å². The van der Waals surface area contributed by atoms with Crippen LogP contribution < -0.4 is 10.9 Å². The molecule has 23 heavy (non-hydrogen) atoms. The van der Waals surface area contributed by atoms with Crippen molar-refractivity contribution >= 4 is 34.1 Å². The Labute approximate surface area is 136 Å². The van der Waals surface area contributed by atoms with Crippen LogP contribution in [0.2, 0.25) is 0 Å². The van der Waals surface area contributed by atoms with E-state index in [1.165, 1.54) is 11.3 Å². The number of carbonyl (C=O) groups excluding carboxylic acids is 1. The summed E-state index contributed by atoms with van der Waals surface area (Å²) in [5, 5.41) is 2.68. The number of nitrogens with one attached hydrogen (secondary N) is 2. The van der Waals surface area contributed by atoms with Gasteiger partial charge in [0.1, 0.15) is 0 Å². The number of hydrogen-bond acceptors (Lipinski definition) is 6. The van der Waals surface area contributed by atoms with Crippen molar-refractivity contribution in [1.29, 1.82) is 0 Å². The Morgan fingerprint density at radius 3 is 2.65 bits per heavy atom. The molecule has 0 aliphatic carbocycles. The zero-order valence-corrected chi connectivity index (χ0v) is 13.6. The Morgan fingerprint density at radius 1 is 1.39 bits per heavy atom. The summed E-state index contributed by atoms with van der Waals surface area (Å²) in [4.78, 5) is 33.5. The number of hydrogen-bond donors (Lipinski definition) is 2. The predicted molar refractivity (Wildman–Crippen MR) is 80.8 cm³/mol. The fourth-order valence-electron chi connectivity index (χ4n) is 1.46. The molecule has 2 aromatic rings. The maximum atomic E-state index is 12.6. The van der Waals surface area contributed by atoms with E-state index in [0.717, 1.165) is 10.6 Å². The molecular weight excluding hydrogens is 353 g/mol. The average Bonchev–Trinajstić information content (AvgIpc) is 2.73. The Morgan fingerprint density at radius 2 is 2.09 bits per heavy atom. The molecule has 0 aliphatic rings. The normalized spacial score (nSPS) is 11.5. The standard InChI is InChI=1S/C12H11F3N4O2S2/c1-5-6(2)23-11(16-5)19-9(21)4-22-10-17-7(12(13,14)15)3-8(20)18-10/h3H,4H2,1-2H3,(H,16,19,21)(H,17,18,20). The van der Waals surface area contributed by atoms with Crippen molar-refractivity contribution in [1.82, 2.24) is 15.0 Å². The molecule has 0 atom stereocenters. The third-order valence-electron chi connectivity index (χ3n) is 2.63. The number of thioether (sulfide) groups is 1. The summed E-state index contributed by atoms with van der Waals surface area (Å²) in [6.45, 7) is 3.65. The maximum absolute atomic E-state index is 12.6. The fourth-order valence-corrected chi connectivity index (χ4v) is 2.97. The van der Waals surface area contributed by atoms with Crippen LogP contribution in [-0.4, -0.2) is 26.6 Å². The lowest BCUT2D eigenvalue weighted by atomic mass is 10.4. The average molecular weight is 364 g/mol. The molecule has 0 saturated carbocycles. The largest absolute Gasteiger partial charge is 0.433 e. The van der Waals surface area contributed by atoms with Gasteiger partial charge in [-0.3, -0.25) is 9.59 Å². The molecule has 0 fully saturated rings. The Bertz CT molecular complexity index is 766. The van der Waals surface area contributed by atoms with Crippen LogP contribution in [0, 0.1) is 13.8 Å². The highest BCUT2D eigenvalue weighted by molar-refractivity contribution is 7.99. The van der Waals surface area contributed by atoms with Crippen LogP contribution in [0.25, 0.3) is 0 Å². The van der Waals surface area contributed by atoms with Crippen molar-refractivity contribution in [2.75, 3.05) is 11.1 Å². The van der Waals surface area contributed by atoms with E-state index >= 15 is 0 Å². The van der Waals surface area contributed by atoms with Gasteiger partial charge in [0.2, 0.25) is 5.91 Å². The molecule has 1 amide bonds. The van der Waals surface area contributed by atoms with Crippen molar-refractivity contribution in [3.05, 3.63) is 32.7 Å². The van der Waals surface area contributed by atoms with Crippen molar-refractivity contribution in [3.63, 3.8) is 0 Å². The first kappa shape index (κ1) is 17.5. The van der Waals surface area contributed by atoms with Gasteiger partial charge in [-0.05, 0) is 13.8 Å². The van der Waals surface area contributed by atoms with Crippen LogP contribution in [0.5, 0.6) is 0 Å². The number of aromatic amines is 1. The van der Waals surface area contributed by atoms with Crippen LogP contribution in [0.1, 0.15) is 16.3 Å². The smallest absolute Gasteiger partial charge is 0.301 e. The molecular formula is C12H11F3N4O2S2. The van der Waals surface area contributed by atoms with Gasteiger partial charge in [-0.25, -0.2) is 9.97 Å². The molecule has 6 nitrogen and oxygen atoms in total. The number of alkyl halides is 3. The number of aromatic nitrogens is 3. The minimum atomic E-state index is -4.72. The Balaban J connectivity index is 2.01. The monoisotopic (exact) mass is 364 g/mol. The molecule has 2 rings (SSSR count). The second kappa shape index (κ2) is 6.71. The van der Waals surface area contributed by atoms with Crippen LogP contribution in [0.4, 0.5) is 18.3 Å². The first-order valence-corrected chi connectivity index (χ1v) is 8.00. The number of H-pyrrole nitrogens is 1. The predicted octanol–water partition coefficient (Wildman–Crippen LogP) is 2.59. The summed E-state index contributed by atoms with van der Waals surface area (Å²) in [6, 6.07) is 0.366. The minimum absolute atomic E-state index is 0.206. The summed E-state index contributed by atoms with van der Waals surface area (Å²) in [5.41, 5.74) is -1.43. The number of nitrogens with zero attached hydrogens (tertiary/aromatic N) is 2. The van der Waals surface area contributed by atoms with Gasteiger partial charge < -0.3 is 10.3 Å². The van der Waals surface area contributed by atoms with Gasteiger partial charge in [0.05, 0.1) is 11.4 Å². The van der Waals surface area contributed by atoms with Crippen molar-refractivity contribution in [2.24, 2.45) is 0 Å². The summed E-state index contributed by atoms with van der Waals surface area (Å²) >= 11 is 2.00. The fraction of sp³-hybridized carbons (Fsp3) is 0.333. The minimum Gasteiger partial charge on any atom is -0.301 e. The summed E-state index contributed by atoms with van der Waals surface area (Å²) < 4.78 is 37.7. The number of anilines is 1. The topological polar surface area (TPSA) is 87.7 Å². The number of halogens is 3. The van der Waals surface area contributed by atoms with E-state index in [9.17, 15) is 22.8 Å². The van der Waals surface area contributed by atoms with Crippen LogP contribution in [0.3, 0.4) is 0 Å². The number of amides is 1. The van der Waals surface area contributed by atoms with Gasteiger partial charge in [-0.15, -0.1) is 11.3 Å². The summed E-state index contributed by atoms with van der Waals surface area (Å²) in [5.74, 6) is -0.661. The second-order valence-corrected chi connectivity index (χ2v) is 6.60. The zero-order valence-electron chi connectivity index (χ0n) is 11.9. The van der Waals surface area contributed by atoms with E-state index in [1.54, 1.807) is 6.92 Å². The lowest BCUT2D eigenvalue weighted by Gasteiger charge is -2.06. The first-order chi connectivity index (χ1) is 10.6. The molecule has 0 aromatic carbocycles. The van der Waals surface area contributed by atoms with Crippen molar-refractivity contribution in [2.45, 2.75) is 25.2 Å². The van der Waals surface area contributed by atoms with Crippen molar-refractivity contribution in [3.8, 4) is 0 Å². The van der Waals surface area contributed by atoms with E-state index in [4.69, 9.17) is 0 Å². The molecule has 0 radical (unpaired) electrons. The lowest BCUT2D eigenvalue weighted by Crippen LogP contribution is -2.18. The molecule has 2 aromatic heterocycles. The van der Waals surface area contributed by atoms with Gasteiger partial charge in [0.25, 0.3) is 5.56 Å². The number of rotatable bonds is 4. The highest BCUT2D eigenvalue weighted by atomic mass is 32.2. The third-order valence-corrected chi connectivity index (χ3v) is 4.49. The second-order valence-electron chi connectivity index (χ2n) is 4.43. The highest BCUT2D eigenvalue weighted by Gasteiger charge is 2.33. The molecule has 2 N–H and O–H groups in total. The van der Waals surface area contributed by atoms with Gasteiger partial charge in [-0.1, -0.05) is 11.8 Å². The molecule has 0 spiro atoms. The number of carbonyl (C=O) groups is 1. The number of thiazole rings is 1. The van der Waals surface area contributed by atoms with Crippen LogP contribution in [-0.2, 0) is 11.0 Å². The van der Waals surface area contributed by atoms with E-state index in [0.29, 0.717) is 23.0 Å². The first-order valence-electron chi connectivity index (χ1n) is 6.20.